The van der Waals surface area contributed by atoms with Crippen LogP contribution in [0.4, 0.5) is 22.7 Å². The van der Waals surface area contributed by atoms with Crippen LogP contribution in [0.25, 0.3) is 17.5 Å². The number of carbonyl (C=O) groups excluding carboxylic acids is 2. The van der Waals surface area contributed by atoms with E-state index < -0.39 is 38.1 Å². The molecule has 5 rings (SSSR count). The highest BCUT2D eigenvalue weighted by Crippen LogP contribution is 2.38. The highest BCUT2D eigenvalue weighted by atomic mass is 32.1. The number of nitro groups is 3. The first-order valence-electron chi connectivity index (χ1n) is 13.6. The van der Waals surface area contributed by atoms with Crippen LogP contribution in [0.3, 0.4) is 0 Å². The van der Waals surface area contributed by atoms with E-state index >= 15 is 0 Å². The van der Waals surface area contributed by atoms with Gasteiger partial charge in [-0.05, 0) is 42.3 Å². The quantitative estimate of drug-likeness (QED) is 0.151. The molecule has 0 saturated carbocycles. The molecule has 1 aliphatic heterocycles. The van der Waals surface area contributed by atoms with Gasteiger partial charge in [0, 0.05) is 42.1 Å². The number of ether oxygens (including phenoxy) is 1. The van der Waals surface area contributed by atoms with E-state index in [0.717, 1.165) is 22.0 Å². The Morgan fingerprint density at radius 3 is 2.09 bits per heavy atom. The van der Waals surface area contributed by atoms with E-state index in [-0.39, 0.29) is 61.1 Å². The van der Waals surface area contributed by atoms with Crippen LogP contribution in [0.15, 0.2) is 83.2 Å². The third-order valence-corrected chi connectivity index (χ3v) is 8.15. The molecule has 1 aromatic heterocycles. The maximum atomic E-state index is 14.2. The Morgan fingerprint density at radius 1 is 0.915 bits per heavy atom. The smallest absolute Gasteiger partial charge is 0.338 e. The number of nitrogens with one attached hydrogen (secondary N) is 1. The van der Waals surface area contributed by atoms with Crippen molar-refractivity contribution >= 4 is 63.4 Å². The first kappa shape index (κ1) is 31.9. The first-order chi connectivity index (χ1) is 22.4. The van der Waals surface area contributed by atoms with Crippen molar-refractivity contribution in [2.45, 2.75) is 12.8 Å². The third kappa shape index (κ3) is 6.22. The van der Waals surface area contributed by atoms with Crippen molar-refractivity contribution in [1.29, 1.82) is 0 Å². The molecule has 0 aliphatic carbocycles. The van der Waals surface area contributed by atoms with Gasteiger partial charge in [0.1, 0.15) is 10.5 Å². The summed E-state index contributed by atoms with van der Waals surface area (Å²) in [6, 6.07) is 15.5. The predicted molar refractivity (Wildman–Crippen MR) is 170 cm³/mol. The number of amides is 1. The highest BCUT2D eigenvalue weighted by Gasteiger charge is 2.39. The van der Waals surface area contributed by atoms with Gasteiger partial charge in [-0.3, -0.25) is 44.5 Å². The molecule has 16 nitrogen and oxygen atoms in total. The van der Waals surface area contributed by atoms with Crippen LogP contribution >= 0.6 is 11.3 Å². The normalized spacial score (nSPS) is 14.4. The summed E-state index contributed by atoms with van der Waals surface area (Å²) < 4.78 is 6.28. The highest BCUT2D eigenvalue weighted by molar-refractivity contribution is 7.07. The molecule has 3 aromatic carbocycles. The van der Waals surface area contributed by atoms with Crippen LogP contribution < -0.4 is 25.8 Å². The molecule has 4 aromatic rings. The number of hydrogen-bond donors (Lipinski definition) is 2. The SMILES string of the molecule is CCOC(=O)C1=C(N)n2c(s/c(=C/c3ccc([N+](=O)[O-])cc3)c2=O)=C(C(=O)Nc2cccc([N+](=O)[O-])c2)C1c1ccc([N+](=O)[O-])cc1. The number of hydrogen-bond acceptors (Lipinski definition) is 12. The second-order valence-corrected chi connectivity index (χ2v) is 10.9. The van der Waals surface area contributed by atoms with Gasteiger partial charge in [0.25, 0.3) is 28.5 Å². The Balaban J connectivity index is 1.81. The van der Waals surface area contributed by atoms with Crippen molar-refractivity contribution in [3.05, 3.63) is 139 Å². The lowest BCUT2D eigenvalue weighted by molar-refractivity contribution is -0.385. The predicted octanol–water partition coefficient (Wildman–Crippen LogP) is 2.74. The van der Waals surface area contributed by atoms with Crippen molar-refractivity contribution in [2.75, 3.05) is 11.9 Å². The number of carbonyl (C=O) groups is 2. The Kier molecular flexibility index (Phi) is 8.73. The van der Waals surface area contributed by atoms with Gasteiger partial charge in [-0.25, -0.2) is 4.79 Å². The third-order valence-electron chi connectivity index (χ3n) is 7.04. The number of rotatable bonds is 9. The number of anilines is 1. The van der Waals surface area contributed by atoms with E-state index in [9.17, 15) is 44.7 Å². The van der Waals surface area contributed by atoms with Gasteiger partial charge < -0.3 is 15.8 Å². The molecule has 0 saturated heterocycles. The van der Waals surface area contributed by atoms with Crippen LogP contribution in [-0.2, 0) is 14.3 Å². The molecule has 3 N–H and O–H groups in total. The van der Waals surface area contributed by atoms with Gasteiger partial charge in [-0.15, -0.1) is 11.3 Å². The summed E-state index contributed by atoms with van der Waals surface area (Å²) in [7, 11) is 0. The minimum atomic E-state index is -1.31. The fourth-order valence-corrected chi connectivity index (χ4v) is 6.11. The number of aromatic nitrogens is 1. The zero-order valence-corrected chi connectivity index (χ0v) is 25.0. The van der Waals surface area contributed by atoms with E-state index in [4.69, 9.17) is 10.5 Å². The maximum absolute atomic E-state index is 14.2. The average Bonchev–Trinajstić information content (AvgIpc) is 3.36. The van der Waals surface area contributed by atoms with Gasteiger partial charge in [-0.1, -0.05) is 18.2 Å². The lowest BCUT2D eigenvalue weighted by Gasteiger charge is -2.27. The summed E-state index contributed by atoms with van der Waals surface area (Å²) >= 11 is 0.840. The summed E-state index contributed by atoms with van der Waals surface area (Å²) in [5.41, 5.74) is 5.22. The van der Waals surface area contributed by atoms with Gasteiger partial charge in [0.05, 0.1) is 43.0 Å². The summed E-state index contributed by atoms with van der Waals surface area (Å²) in [5.74, 6) is -3.48. The first-order valence-corrected chi connectivity index (χ1v) is 14.4. The van der Waals surface area contributed by atoms with Crippen LogP contribution in [0, 0.1) is 30.3 Å². The summed E-state index contributed by atoms with van der Waals surface area (Å²) in [6.45, 7) is 1.44. The van der Waals surface area contributed by atoms with E-state index in [1.807, 2.05) is 0 Å². The fourth-order valence-electron chi connectivity index (χ4n) is 4.94. The lowest BCUT2D eigenvalue weighted by atomic mass is 9.82. The monoisotopic (exact) mass is 658 g/mol. The molecule has 2 heterocycles. The topological polar surface area (TPSA) is 233 Å². The number of esters is 1. The lowest BCUT2D eigenvalue weighted by Crippen LogP contribution is -2.42. The zero-order chi connectivity index (χ0) is 34.0. The Bertz CT molecular complexity index is 2190. The minimum Gasteiger partial charge on any atom is -0.463 e. The van der Waals surface area contributed by atoms with Crippen molar-refractivity contribution in [3.8, 4) is 0 Å². The molecule has 0 spiro atoms. The van der Waals surface area contributed by atoms with Gasteiger partial charge in [0.2, 0.25) is 0 Å². The number of nitrogens with two attached hydrogens (primary N) is 1. The van der Waals surface area contributed by atoms with E-state index in [1.54, 1.807) is 0 Å². The molecule has 0 bridgehead atoms. The van der Waals surface area contributed by atoms with Gasteiger partial charge >= 0.3 is 5.97 Å². The second-order valence-electron chi connectivity index (χ2n) is 9.88. The van der Waals surface area contributed by atoms with Crippen molar-refractivity contribution in [3.63, 3.8) is 0 Å². The van der Waals surface area contributed by atoms with Crippen LogP contribution in [0.5, 0.6) is 0 Å². The number of benzene rings is 3. The number of nitrogens with zero attached hydrogens (tertiary/aromatic N) is 4. The summed E-state index contributed by atoms with van der Waals surface area (Å²) in [5, 5.41) is 36.4. The molecule has 238 valence electrons. The largest absolute Gasteiger partial charge is 0.463 e. The van der Waals surface area contributed by atoms with Crippen molar-refractivity contribution in [1.82, 2.24) is 4.57 Å². The Morgan fingerprint density at radius 2 is 1.51 bits per heavy atom. The van der Waals surface area contributed by atoms with E-state index in [0.29, 0.717) is 5.56 Å². The average molecular weight is 659 g/mol. The second kappa shape index (κ2) is 12.9. The molecule has 1 aliphatic rings. The molecule has 1 unspecified atom stereocenters. The van der Waals surface area contributed by atoms with E-state index in [1.165, 1.54) is 79.7 Å². The molecule has 1 amide bonds. The molecular formula is C30H22N6O10S. The van der Waals surface area contributed by atoms with E-state index in [2.05, 4.69) is 5.32 Å². The van der Waals surface area contributed by atoms with Crippen LogP contribution in [0.1, 0.15) is 24.0 Å². The summed E-state index contributed by atoms with van der Waals surface area (Å²) in [6.07, 6.45) is 1.43. The number of fused-ring (bicyclic) bond motifs is 1. The number of nitro benzene ring substituents is 3. The maximum Gasteiger partial charge on any atom is 0.338 e. The summed E-state index contributed by atoms with van der Waals surface area (Å²) in [4.78, 5) is 73.4. The molecule has 47 heavy (non-hydrogen) atoms. The van der Waals surface area contributed by atoms with Crippen molar-refractivity contribution in [2.24, 2.45) is 5.73 Å². The van der Waals surface area contributed by atoms with Gasteiger partial charge in [0.15, 0.2) is 0 Å². The Hall–Kier alpha value is -6.49. The molecular weight excluding hydrogens is 636 g/mol. The zero-order valence-electron chi connectivity index (χ0n) is 24.1. The number of non-ortho nitro benzene ring substituents is 3. The molecule has 0 radical (unpaired) electrons. The standard InChI is InChI=1S/C30H22N6O10S/c1-2-46-30(39)24-23(17-8-12-20(13-9-17)35(42)43)25(27(37)32-18-4-3-5-21(15-18)36(44)45)29-33(26(24)31)28(38)22(47-29)14-16-6-10-19(11-7-16)34(40)41/h3-15,23H,2,31H2,1H3,(H,32,37)/b22-14+. The Labute approximate surface area is 266 Å². The van der Waals surface area contributed by atoms with Crippen LogP contribution in [0.2, 0.25) is 0 Å². The minimum absolute atomic E-state index is 0.00000577. The van der Waals surface area contributed by atoms with Crippen molar-refractivity contribution < 1.29 is 29.1 Å². The molecule has 0 fully saturated rings. The molecule has 17 heteroatoms. The fraction of sp³-hybridized carbons (Fsp3) is 0.100. The number of thiazole rings is 1. The van der Waals surface area contributed by atoms with Crippen LogP contribution in [-0.4, -0.2) is 37.8 Å². The molecule has 1 atom stereocenters. The van der Waals surface area contributed by atoms with Gasteiger partial charge in [-0.2, -0.15) is 0 Å².